The van der Waals surface area contributed by atoms with Crippen LogP contribution in [0.25, 0.3) is 0 Å². The Hall–Kier alpha value is 0.0400. The van der Waals surface area contributed by atoms with Crippen LogP contribution < -0.4 is 11.1 Å². The fraction of sp³-hybridized carbons (Fsp3) is 0.500. The van der Waals surface area contributed by atoms with Crippen LogP contribution in [-0.2, 0) is 0 Å². The monoisotopic (exact) mass is 336 g/mol. The van der Waals surface area contributed by atoms with E-state index in [4.69, 9.17) is 28.9 Å². The van der Waals surface area contributed by atoms with Gasteiger partial charge >= 0.3 is 0 Å². The lowest BCUT2D eigenvalue weighted by atomic mass is 10.0. The molecule has 5 heteroatoms. The van der Waals surface area contributed by atoms with Gasteiger partial charge in [-0.2, -0.15) is 0 Å². The van der Waals surface area contributed by atoms with E-state index in [1.165, 1.54) is 12.8 Å². The third kappa shape index (κ3) is 3.08. The molecule has 1 aliphatic rings. The summed E-state index contributed by atoms with van der Waals surface area (Å²) >= 11 is 15.8. The maximum atomic E-state index is 6.20. The molecule has 0 saturated heterocycles. The zero-order valence-corrected chi connectivity index (χ0v) is 12.4. The summed E-state index contributed by atoms with van der Waals surface area (Å²) < 4.78 is 0.889. The molecule has 0 amide bonds. The van der Waals surface area contributed by atoms with Crippen molar-refractivity contribution in [2.45, 2.75) is 25.3 Å². The molecule has 2 nitrogen and oxygen atoms in total. The highest BCUT2D eigenvalue weighted by Crippen LogP contribution is 2.37. The van der Waals surface area contributed by atoms with Crippen molar-refractivity contribution in [3.63, 3.8) is 0 Å². The minimum atomic E-state index is 0.385. The van der Waals surface area contributed by atoms with Crippen molar-refractivity contribution in [3.8, 4) is 0 Å². The Morgan fingerprint density at radius 3 is 2.53 bits per heavy atom. The van der Waals surface area contributed by atoms with Crippen LogP contribution in [0.2, 0.25) is 10.0 Å². The van der Waals surface area contributed by atoms with E-state index in [-0.39, 0.29) is 0 Å². The van der Waals surface area contributed by atoms with Crippen molar-refractivity contribution in [2.24, 2.45) is 11.7 Å². The number of benzene rings is 1. The molecule has 94 valence electrons. The molecule has 0 aliphatic heterocycles. The highest BCUT2D eigenvalue weighted by atomic mass is 79.9. The Labute approximate surface area is 120 Å². The van der Waals surface area contributed by atoms with E-state index in [0.29, 0.717) is 28.5 Å². The first kappa shape index (κ1) is 13.5. The molecule has 0 spiro atoms. The van der Waals surface area contributed by atoms with Crippen molar-refractivity contribution < 1.29 is 0 Å². The van der Waals surface area contributed by atoms with E-state index in [0.717, 1.165) is 16.6 Å². The van der Waals surface area contributed by atoms with Crippen molar-refractivity contribution in [2.75, 3.05) is 11.9 Å². The number of rotatable bonds is 3. The fourth-order valence-electron chi connectivity index (χ4n) is 2.37. The van der Waals surface area contributed by atoms with Gasteiger partial charge in [0.2, 0.25) is 0 Å². The largest absolute Gasteiger partial charge is 0.380 e. The van der Waals surface area contributed by atoms with Gasteiger partial charge in [-0.25, -0.2) is 0 Å². The van der Waals surface area contributed by atoms with Crippen molar-refractivity contribution in [1.82, 2.24) is 0 Å². The molecule has 0 bridgehead atoms. The Morgan fingerprint density at radius 2 is 1.94 bits per heavy atom. The van der Waals surface area contributed by atoms with Crippen LogP contribution in [0, 0.1) is 5.92 Å². The molecule has 1 saturated carbocycles. The summed E-state index contributed by atoms with van der Waals surface area (Å²) in [5.74, 6) is 0.519. The summed E-state index contributed by atoms with van der Waals surface area (Å²) in [5, 5.41) is 4.73. The first-order valence-corrected chi connectivity index (χ1v) is 7.28. The van der Waals surface area contributed by atoms with Gasteiger partial charge in [0.05, 0.1) is 15.7 Å². The fourth-order valence-corrected chi connectivity index (χ4v) is 3.69. The second-order valence-electron chi connectivity index (χ2n) is 4.42. The molecule has 0 heterocycles. The van der Waals surface area contributed by atoms with Gasteiger partial charge in [-0.05, 0) is 37.4 Å². The van der Waals surface area contributed by atoms with Gasteiger partial charge in [0, 0.05) is 10.5 Å². The van der Waals surface area contributed by atoms with Gasteiger partial charge in [-0.1, -0.05) is 45.6 Å². The highest BCUT2D eigenvalue weighted by Gasteiger charge is 2.26. The van der Waals surface area contributed by atoms with E-state index in [9.17, 15) is 0 Å². The van der Waals surface area contributed by atoms with Crippen LogP contribution in [0.4, 0.5) is 5.69 Å². The number of halogens is 3. The van der Waals surface area contributed by atoms with Crippen LogP contribution >= 0.6 is 39.1 Å². The average molecular weight is 338 g/mol. The lowest BCUT2D eigenvalue weighted by Crippen LogP contribution is -2.29. The summed E-state index contributed by atoms with van der Waals surface area (Å²) in [6, 6.07) is 4.08. The Bertz CT molecular complexity index is 388. The maximum absolute atomic E-state index is 6.20. The van der Waals surface area contributed by atoms with Gasteiger partial charge in [0.25, 0.3) is 0 Å². The second-order valence-corrected chi connectivity index (χ2v) is 6.15. The van der Waals surface area contributed by atoms with Crippen LogP contribution in [0.15, 0.2) is 16.6 Å². The SMILES string of the molecule is NCC1CCCC1Nc1c(Cl)cc(Br)cc1Cl. The molecular weight excluding hydrogens is 323 g/mol. The van der Waals surface area contributed by atoms with Gasteiger partial charge in [0.1, 0.15) is 0 Å². The molecule has 3 N–H and O–H groups in total. The average Bonchev–Trinajstić information content (AvgIpc) is 2.70. The summed E-state index contributed by atoms with van der Waals surface area (Å²) in [5.41, 5.74) is 6.59. The zero-order chi connectivity index (χ0) is 12.4. The molecule has 1 aliphatic carbocycles. The molecule has 1 aromatic carbocycles. The Balaban J connectivity index is 2.18. The molecule has 2 unspecified atom stereocenters. The Kier molecular flexibility index (Phi) is 4.59. The smallest absolute Gasteiger partial charge is 0.0722 e. The quantitative estimate of drug-likeness (QED) is 0.863. The Morgan fingerprint density at radius 1 is 1.29 bits per heavy atom. The molecule has 1 aromatic rings. The van der Waals surface area contributed by atoms with Gasteiger partial charge in [-0.15, -0.1) is 0 Å². The molecular formula is C12H15BrCl2N2. The molecule has 2 rings (SSSR count). The molecule has 1 fully saturated rings. The first-order chi connectivity index (χ1) is 8.11. The summed E-state index contributed by atoms with van der Waals surface area (Å²) in [4.78, 5) is 0. The first-order valence-electron chi connectivity index (χ1n) is 5.73. The second kappa shape index (κ2) is 5.79. The number of nitrogens with two attached hydrogens (primary N) is 1. The zero-order valence-electron chi connectivity index (χ0n) is 9.35. The van der Waals surface area contributed by atoms with E-state index in [1.807, 2.05) is 12.1 Å². The maximum Gasteiger partial charge on any atom is 0.0722 e. The summed E-state index contributed by atoms with van der Waals surface area (Å²) in [7, 11) is 0. The number of anilines is 1. The predicted molar refractivity (Wildman–Crippen MR) is 78.0 cm³/mol. The molecule has 2 atom stereocenters. The van der Waals surface area contributed by atoms with E-state index in [2.05, 4.69) is 21.2 Å². The summed E-state index contributed by atoms with van der Waals surface area (Å²) in [6.45, 7) is 0.712. The van der Waals surface area contributed by atoms with E-state index < -0.39 is 0 Å². The number of hydrogen-bond donors (Lipinski definition) is 2. The number of nitrogens with one attached hydrogen (secondary N) is 1. The third-order valence-electron chi connectivity index (χ3n) is 3.30. The highest BCUT2D eigenvalue weighted by molar-refractivity contribution is 9.10. The van der Waals surface area contributed by atoms with Crippen molar-refractivity contribution in [3.05, 3.63) is 26.7 Å². The lowest BCUT2D eigenvalue weighted by Gasteiger charge is -2.22. The van der Waals surface area contributed by atoms with E-state index >= 15 is 0 Å². The van der Waals surface area contributed by atoms with Crippen LogP contribution in [-0.4, -0.2) is 12.6 Å². The normalized spacial score (nSPS) is 24.0. The predicted octanol–water partition coefficient (Wildman–Crippen LogP) is 4.30. The van der Waals surface area contributed by atoms with Crippen LogP contribution in [0.3, 0.4) is 0 Å². The van der Waals surface area contributed by atoms with Crippen LogP contribution in [0.1, 0.15) is 19.3 Å². The molecule has 0 radical (unpaired) electrons. The molecule has 0 aromatic heterocycles. The van der Waals surface area contributed by atoms with Crippen LogP contribution in [0.5, 0.6) is 0 Å². The minimum Gasteiger partial charge on any atom is -0.380 e. The lowest BCUT2D eigenvalue weighted by molar-refractivity contribution is 0.516. The van der Waals surface area contributed by atoms with Crippen molar-refractivity contribution >= 4 is 44.8 Å². The summed E-state index contributed by atoms with van der Waals surface area (Å²) in [6.07, 6.45) is 3.52. The topological polar surface area (TPSA) is 38.0 Å². The van der Waals surface area contributed by atoms with Gasteiger partial charge < -0.3 is 11.1 Å². The molecule has 17 heavy (non-hydrogen) atoms. The van der Waals surface area contributed by atoms with E-state index in [1.54, 1.807) is 0 Å². The van der Waals surface area contributed by atoms with Gasteiger partial charge in [-0.3, -0.25) is 0 Å². The standard InChI is InChI=1S/C12H15BrCl2N2/c13-8-4-9(14)12(10(15)5-8)17-11-3-1-2-7(11)6-16/h4-5,7,11,17H,1-3,6,16H2. The third-order valence-corrected chi connectivity index (χ3v) is 4.35. The minimum absolute atomic E-state index is 0.385. The number of hydrogen-bond acceptors (Lipinski definition) is 2. The van der Waals surface area contributed by atoms with Crippen molar-refractivity contribution in [1.29, 1.82) is 0 Å². The van der Waals surface area contributed by atoms with Gasteiger partial charge in [0.15, 0.2) is 0 Å².